The first-order chi connectivity index (χ1) is 7.79. The number of nitrogens with two attached hydrogens (primary N) is 1. The second-order valence-electron chi connectivity index (χ2n) is 4.59. The Bertz CT molecular complexity index is 234. The van der Waals surface area contributed by atoms with Gasteiger partial charge >= 0.3 is 0 Å². The van der Waals surface area contributed by atoms with Gasteiger partial charge in [-0.15, -0.1) is 0 Å². The lowest BCUT2D eigenvalue weighted by atomic mass is 9.86. The summed E-state index contributed by atoms with van der Waals surface area (Å²) in [5, 5.41) is 30.7. The van der Waals surface area contributed by atoms with Gasteiger partial charge in [-0.05, 0) is 20.3 Å². The van der Waals surface area contributed by atoms with Crippen LogP contribution >= 0.6 is 0 Å². The molecule has 0 aliphatic rings. The van der Waals surface area contributed by atoms with Gasteiger partial charge in [-0.3, -0.25) is 4.79 Å². The first-order valence-electron chi connectivity index (χ1n) is 5.79. The molecule has 0 aromatic rings. The van der Waals surface area contributed by atoms with Gasteiger partial charge < -0.3 is 26.4 Å². The van der Waals surface area contributed by atoms with E-state index in [1.165, 1.54) is 6.92 Å². The van der Waals surface area contributed by atoms with Gasteiger partial charge in [-0.1, -0.05) is 0 Å². The van der Waals surface area contributed by atoms with Crippen molar-refractivity contribution in [3.8, 4) is 0 Å². The summed E-state index contributed by atoms with van der Waals surface area (Å²) in [6, 6.07) is -0.357. The Kier molecular flexibility index (Phi) is 7.29. The van der Waals surface area contributed by atoms with E-state index in [0.29, 0.717) is 6.42 Å². The van der Waals surface area contributed by atoms with Crippen LogP contribution in [0.4, 0.5) is 0 Å². The highest BCUT2D eigenvalue weighted by atomic mass is 16.3. The summed E-state index contributed by atoms with van der Waals surface area (Å²) < 4.78 is 0. The van der Waals surface area contributed by atoms with Gasteiger partial charge in [0.25, 0.3) is 0 Å². The van der Waals surface area contributed by atoms with Gasteiger partial charge in [0.05, 0.1) is 6.10 Å². The summed E-state index contributed by atoms with van der Waals surface area (Å²) in [6.45, 7) is 4.41. The summed E-state index contributed by atoms with van der Waals surface area (Å²) in [4.78, 5) is 10.9. The molecule has 0 aromatic carbocycles. The average Bonchev–Trinajstić information content (AvgIpc) is 2.16. The SMILES string of the molecule is CC(=O)N[C@@H](O)C(CC(CO)[C@H](C)O)C(C)N. The number of nitrogens with one attached hydrogen (secondary N) is 1. The highest BCUT2D eigenvalue weighted by molar-refractivity contribution is 5.73. The van der Waals surface area contributed by atoms with Crippen molar-refractivity contribution in [2.24, 2.45) is 17.6 Å². The van der Waals surface area contributed by atoms with E-state index in [1.54, 1.807) is 13.8 Å². The number of aliphatic hydroxyl groups is 3. The molecule has 6 nitrogen and oxygen atoms in total. The molecule has 6 N–H and O–H groups in total. The van der Waals surface area contributed by atoms with Crippen molar-refractivity contribution < 1.29 is 20.1 Å². The zero-order valence-electron chi connectivity index (χ0n) is 10.6. The Labute approximate surface area is 102 Å². The van der Waals surface area contributed by atoms with E-state index in [4.69, 9.17) is 10.8 Å². The van der Waals surface area contributed by atoms with Gasteiger partial charge in [0.1, 0.15) is 6.23 Å². The van der Waals surface area contributed by atoms with E-state index in [0.717, 1.165) is 0 Å². The molecule has 6 heteroatoms. The van der Waals surface area contributed by atoms with Crippen molar-refractivity contribution in [1.29, 1.82) is 0 Å². The molecule has 5 atom stereocenters. The van der Waals surface area contributed by atoms with E-state index in [2.05, 4.69) is 5.32 Å². The van der Waals surface area contributed by atoms with Gasteiger partial charge in [-0.2, -0.15) is 0 Å². The number of hydrogen-bond acceptors (Lipinski definition) is 5. The highest BCUT2D eigenvalue weighted by Gasteiger charge is 2.28. The average molecular weight is 248 g/mol. The number of aliphatic hydroxyl groups excluding tert-OH is 3. The minimum atomic E-state index is -1.07. The number of carbonyl (C=O) groups excluding carboxylic acids is 1. The Morgan fingerprint density at radius 1 is 1.35 bits per heavy atom. The fraction of sp³-hybridized carbons (Fsp3) is 0.909. The largest absolute Gasteiger partial charge is 0.396 e. The van der Waals surface area contributed by atoms with E-state index < -0.39 is 18.2 Å². The quantitative estimate of drug-likeness (QED) is 0.362. The summed E-state index contributed by atoms with van der Waals surface area (Å²) in [6.07, 6.45) is -1.42. The third-order valence-corrected chi connectivity index (χ3v) is 2.92. The van der Waals surface area contributed by atoms with Crippen molar-refractivity contribution in [1.82, 2.24) is 5.32 Å². The third kappa shape index (κ3) is 5.97. The van der Waals surface area contributed by atoms with Crippen LogP contribution in [0.15, 0.2) is 0 Å². The maximum absolute atomic E-state index is 10.9. The van der Waals surface area contributed by atoms with Crippen LogP contribution in [-0.4, -0.2) is 46.2 Å². The van der Waals surface area contributed by atoms with Crippen LogP contribution in [0.2, 0.25) is 0 Å². The molecule has 0 spiro atoms. The third-order valence-electron chi connectivity index (χ3n) is 2.92. The lowest BCUT2D eigenvalue weighted by molar-refractivity contribution is -0.123. The monoisotopic (exact) mass is 248 g/mol. The Morgan fingerprint density at radius 3 is 2.18 bits per heavy atom. The minimum absolute atomic E-state index is 0.187. The number of hydrogen-bond donors (Lipinski definition) is 5. The molecule has 1 amide bonds. The molecule has 3 unspecified atom stereocenters. The Morgan fingerprint density at radius 2 is 1.88 bits per heavy atom. The Hall–Kier alpha value is -0.690. The Balaban J connectivity index is 4.56. The summed E-state index contributed by atoms with van der Waals surface area (Å²) in [5.74, 6) is -1.12. The molecular weight excluding hydrogens is 224 g/mol. The summed E-state index contributed by atoms with van der Waals surface area (Å²) in [7, 11) is 0. The van der Waals surface area contributed by atoms with Crippen LogP contribution in [0.5, 0.6) is 0 Å². The predicted octanol–water partition coefficient (Wildman–Crippen LogP) is -1.22. The fourth-order valence-corrected chi connectivity index (χ4v) is 1.72. The van der Waals surface area contributed by atoms with Crippen molar-refractivity contribution in [2.75, 3.05) is 6.61 Å². The van der Waals surface area contributed by atoms with Crippen LogP contribution < -0.4 is 11.1 Å². The molecule has 17 heavy (non-hydrogen) atoms. The van der Waals surface area contributed by atoms with E-state index in [1.807, 2.05) is 0 Å². The molecule has 0 aliphatic heterocycles. The molecule has 0 fully saturated rings. The van der Waals surface area contributed by atoms with E-state index in [-0.39, 0.29) is 24.5 Å². The maximum atomic E-state index is 10.9. The molecule has 0 aliphatic carbocycles. The van der Waals surface area contributed by atoms with Gasteiger partial charge in [0, 0.05) is 31.4 Å². The van der Waals surface area contributed by atoms with Crippen LogP contribution in [0.1, 0.15) is 27.2 Å². The molecule has 102 valence electrons. The van der Waals surface area contributed by atoms with Crippen molar-refractivity contribution in [2.45, 2.75) is 45.6 Å². The number of amides is 1. The molecule has 0 saturated carbocycles. The van der Waals surface area contributed by atoms with Crippen LogP contribution in [-0.2, 0) is 4.79 Å². The second-order valence-corrected chi connectivity index (χ2v) is 4.59. The minimum Gasteiger partial charge on any atom is -0.396 e. The molecule has 0 radical (unpaired) electrons. The first-order valence-corrected chi connectivity index (χ1v) is 5.79. The standard InChI is InChI=1S/C11H24N2O4/c1-6(12)10(11(17)13-8(3)16)4-9(5-14)7(2)15/h6-7,9-11,14-15,17H,4-5,12H2,1-3H3,(H,13,16)/t6?,7-,9?,10?,11-/m0/s1. The molecule has 0 aromatic heterocycles. The van der Waals surface area contributed by atoms with Crippen LogP contribution in [0.25, 0.3) is 0 Å². The summed E-state index contributed by atoms with van der Waals surface area (Å²) >= 11 is 0. The second kappa shape index (κ2) is 7.60. The van der Waals surface area contributed by atoms with E-state index in [9.17, 15) is 15.0 Å². The molecule has 0 bridgehead atoms. The first kappa shape index (κ1) is 16.3. The van der Waals surface area contributed by atoms with Crippen molar-refractivity contribution in [3.05, 3.63) is 0 Å². The zero-order valence-corrected chi connectivity index (χ0v) is 10.6. The van der Waals surface area contributed by atoms with Crippen LogP contribution in [0.3, 0.4) is 0 Å². The molecule has 0 heterocycles. The van der Waals surface area contributed by atoms with Gasteiger partial charge in [0.2, 0.25) is 5.91 Å². The van der Waals surface area contributed by atoms with Crippen molar-refractivity contribution in [3.63, 3.8) is 0 Å². The lowest BCUT2D eigenvalue weighted by Gasteiger charge is -2.30. The predicted molar refractivity (Wildman–Crippen MR) is 63.8 cm³/mol. The lowest BCUT2D eigenvalue weighted by Crippen LogP contribution is -2.47. The van der Waals surface area contributed by atoms with Crippen molar-refractivity contribution >= 4 is 5.91 Å². The van der Waals surface area contributed by atoms with Crippen LogP contribution in [0, 0.1) is 11.8 Å². The topological polar surface area (TPSA) is 116 Å². The zero-order chi connectivity index (χ0) is 13.6. The summed E-state index contributed by atoms with van der Waals surface area (Å²) in [5.41, 5.74) is 5.74. The molecular formula is C11H24N2O4. The molecule has 0 rings (SSSR count). The fourth-order valence-electron chi connectivity index (χ4n) is 1.72. The highest BCUT2D eigenvalue weighted by Crippen LogP contribution is 2.20. The van der Waals surface area contributed by atoms with Gasteiger partial charge in [-0.25, -0.2) is 0 Å². The van der Waals surface area contributed by atoms with Gasteiger partial charge in [0.15, 0.2) is 0 Å². The normalized spacial score (nSPS) is 20.2. The maximum Gasteiger partial charge on any atom is 0.218 e. The number of carbonyl (C=O) groups is 1. The smallest absolute Gasteiger partial charge is 0.218 e. The molecule has 0 saturated heterocycles. The number of rotatable bonds is 7. The van der Waals surface area contributed by atoms with E-state index >= 15 is 0 Å².